The summed E-state index contributed by atoms with van der Waals surface area (Å²) in [5.41, 5.74) is 0.746. The first-order valence-corrected chi connectivity index (χ1v) is 8.44. The molecule has 25 heavy (non-hydrogen) atoms. The number of hydrogen-bond acceptors (Lipinski definition) is 5. The zero-order valence-corrected chi connectivity index (χ0v) is 15.2. The third-order valence-electron chi connectivity index (χ3n) is 4.79. The molecule has 0 bridgehead atoms. The lowest BCUT2D eigenvalue weighted by Gasteiger charge is -2.32. The van der Waals surface area contributed by atoms with Crippen LogP contribution in [0, 0.1) is 0 Å². The molecule has 2 heterocycles. The van der Waals surface area contributed by atoms with Crippen LogP contribution in [-0.4, -0.2) is 68.8 Å². The highest BCUT2D eigenvalue weighted by molar-refractivity contribution is 5.85. The number of methoxy groups -OCH3 is 1. The maximum Gasteiger partial charge on any atom is 0.387 e. The topological polar surface area (TPSA) is 37.0 Å². The monoisotopic (exact) mass is 377 g/mol. The van der Waals surface area contributed by atoms with Gasteiger partial charge in [-0.2, -0.15) is 8.78 Å². The van der Waals surface area contributed by atoms with Gasteiger partial charge in [0.2, 0.25) is 0 Å². The molecule has 2 aliphatic heterocycles. The third-order valence-corrected chi connectivity index (χ3v) is 4.79. The Morgan fingerprint density at radius 2 is 2.00 bits per heavy atom. The van der Waals surface area contributed by atoms with Crippen molar-refractivity contribution < 1.29 is 18.3 Å². The first kappa shape index (κ1) is 20.2. The highest BCUT2D eigenvalue weighted by atomic mass is 35.5. The third kappa shape index (κ3) is 5.41. The molecular weight excluding hydrogens is 352 g/mol. The molecule has 0 aliphatic carbocycles. The molecule has 1 atom stereocenters. The Balaban J connectivity index is 0.00000225. The summed E-state index contributed by atoms with van der Waals surface area (Å²) in [7, 11) is 1.57. The Morgan fingerprint density at radius 1 is 1.24 bits per heavy atom. The van der Waals surface area contributed by atoms with Gasteiger partial charge in [0.05, 0.1) is 7.11 Å². The van der Waals surface area contributed by atoms with E-state index in [1.54, 1.807) is 25.3 Å². The van der Waals surface area contributed by atoms with E-state index in [0.29, 0.717) is 18.3 Å². The summed E-state index contributed by atoms with van der Waals surface area (Å²) in [6, 6.07) is 5.55. The molecule has 1 aromatic rings. The van der Waals surface area contributed by atoms with Gasteiger partial charge >= 0.3 is 6.61 Å². The minimum Gasteiger partial charge on any atom is -0.497 e. The molecule has 1 aromatic carbocycles. The highest BCUT2D eigenvalue weighted by Crippen LogP contribution is 2.28. The van der Waals surface area contributed by atoms with Crippen LogP contribution in [0.1, 0.15) is 12.0 Å². The first-order chi connectivity index (χ1) is 11.7. The van der Waals surface area contributed by atoms with E-state index in [9.17, 15) is 8.78 Å². The predicted octanol–water partition coefficient (Wildman–Crippen LogP) is 2.20. The van der Waals surface area contributed by atoms with Crippen LogP contribution in [0.4, 0.5) is 8.78 Å². The number of nitrogens with zero attached hydrogens (tertiary/aromatic N) is 2. The van der Waals surface area contributed by atoms with Crippen LogP contribution in [0.15, 0.2) is 18.2 Å². The van der Waals surface area contributed by atoms with Gasteiger partial charge in [0.15, 0.2) is 0 Å². The molecular formula is C17H26ClF2N3O2. The van der Waals surface area contributed by atoms with E-state index in [-0.39, 0.29) is 18.2 Å². The van der Waals surface area contributed by atoms with Crippen molar-refractivity contribution >= 4 is 12.4 Å². The van der Waals surface area contributed by atoms with E-state index >= 15 is 0 Å². The van der Waals surface area contributed by atoms with Crippen LogP contribution in [0.3, 0.4) is 0 Å². The molecule has 0 saturated carbocycles. The van der Waals surface area contributed by atoms with Crippen molar-refractivity contribution in [1.82, 2.24) is 15.1 Å². The standard InChI is InChI=1S/C17H25F2N3O2.ClH/c1-23-15-2-3-16(24-17(18)19)13(10-15)11-21-7-4-14(12-21)22-8-5-20-6-9-22;/h2-3,10,14,17,20H,4-9,11-12H2,1H3;1H. The maximum absolute atomic E-state index is 12.6. The van der Waals surface area contributed by atoms with Crippen LogP contribution >= 0.6 is 12.4 Å². The van der Waals surface area contributed by atoms with Gasteiger partial charge in [-0.25, -0.2) is 0 Å². The second kappa shape index (κ2) is 9.52. The molecule has 142 valence electrons. The van der Waals surface area contributed by atoms with Gasteiger partial charge < -0.3 is 14.8 Å². The average Bonchev–Trinajstić information content (AvgIpc) is 3.05. The SMILES string of the molecule is COc1ccc(OC(F)F)c(CN2CCC(N3CCNCC3)C2)c1.Cl. The fourth-order valence-corrected chi connectivity index (χ4v) is 3.56. The highest BCUT2D eigenvalue weighted by Gasteiger charge is 2.29. The molecule has 0 radical (unpaired) electrons. The fourth-order valence-electron chi connectivity index (χ4n) is 3.56. The minimum atomic E-state index is -2.82. The smallest absolute Gasteiger partial charge is 0.387 e. The molecule has 2 saturated heterocycles. The van der Waals surface area contributed by atoms with E-state index in [2.05, 4.69) is 19.9 Å². The lowest BCUT2D eigenvalue weighted by molar-refractivity contribution is -0.0507. The largest absolute Gasteiger partial charge is 0.497 e. The van der Waals surface area contributed by atoms with Gasteiger partial charge in [0.1, 0.15) is 11.5 Å². The average molecular weight is 378 g/mol. The number of nitrogens with one attached hydrogen (secondary N) is 1. The summed E-state index contributed by atoms with van der Waals surface area (Å²) in [6.07, 6.45) is 1.12. The summed E-state index contributed by atoms with van der Waals surface area (Å²) in [5, 5.41) is 3.37. The Hall–Kier alpha value is -1.15. The molecule has 2 aliphatic rings. The Morgan fingerprint density at radius 3 is 2.68 bits per heavy atom. The van der Waals surface area contributed by atoms with Crippen molar-refractivity contribution in [3.05, 3.63) is 23.8 Å². The molecule has 2 fully saturated rings. The Bertz CT molecular complexity index is 545. The van der Waals surface area contributed by atoms with Gasteiger partial charge in [-0.3, -0.25) is 9.80 Å². The summed E-state index contributed by atoms with van der Waals surface area (Å²) in [6.45, 7) is 3.96. The number of likely N-dealkylation sites (tertiary alicyclic amines) is 1. The zero-order chi connectivity index (χ0) is 16.9. The van der Waals surface area contributed by atoms with Crippen LogP contribution in [0.2, 0.25) is 0 Å². The summed E-state index contributed by atoms with van der Waals surface area (Å²) in [5.74, 6) is 0.890. The van der Waals surface area contributed by atoms with Gasteiger partial charge in [0, 0.05) is 57.4 Å². The lowest BCUT2D eigenvalue weighted by Crippen LogP contribution is -2.49. The quantitative estimate of drug-likeness (QED) is 0.822. The Kier molecular flexibility index (Phi) is 7.68. The van der Waals surface area contributed by atoms with Crippen molar-refractivity contribution in [2.75, 3.05) is 46.4 Å². The van der Waals surface area contributed by atoms with Gasteiger partial charge in [-0.1, -0.05) is 0 Å². The van der Waals surface area contributed by atoms with Crippen molar-refractivity contribution in [3.8, 4) is 11.5 Å². The van der Waals surface area contributed by atoms with E-state index in [0.717, 1.165) is 51.3 Å². The van der Waals surface area contributed by atoms with E-state index < -0.39 is 6.61 Å². The number of ether oxygens (including phenoxy) is 2. The molecule has 3 rings (SSSR count). The summed E-state index contributed by atoms with van der Waals surface area (Å²) >= 11 is 0. The van der Waals surface area contributed by atoms with Crippen molar-refractivity contribution in [2.24, 2.45) is 0 Å². The number of piperazine rings is 1. The number of hydrogen-bond donors (Lipinski definition) is 1. The van der Waals surface area contributed by atoms with E-state index in [4.69, 9.17) is 4.74 Å². The fraction of sp³-hybridized carbons (Fsp3) is 0.647. The molecule has 0 spiro atoms. The van der Waals surface area contributed by atoms with Crippen molar-refractivity contribution in [1.29, 1.82) is 0 Å². The number of rotatable bonds is 6. The van der Waals surface area contributed by atoms with Gasteiger partial charge in [-0.05, 0) is 24.6 Å². The lowest BCUT2D eigenvalue weighted by atomic mass is 10.1. The first-order valence-electron chi connectivity index (χ1n) is 8.44. The van der Waals surface area contributed by atoms with E-state index in [1.165, 1.54) is 0 Å². The second-order valence-electron chi connectivity index (χ2n) is 6.32. The van der Waals surface area contributed by atoms with Crippen LogP contribution in [0.25, 0.3) is 0 Å². The molecule has 5 nitrogen and oxygen atoms in total. The Labute approximate surface area is 153 Å². The van der Waals surface area contributed by atoms with Crippen molar-refractivity contribution in [2.45, 2.75) is 25.6 Å². The number of alkyl halides is 2. The molecule has 1 unspecified atom stereocenters. The van der Waals surface area contributed by atoms with Crippen molar-refractivity contribution in [3.63, 3.8) is 0 Å². The minimum absolute atomic E-state index is 0. The number of benzene rings is 1. The summed E-state index contributed by atoms with van der Waals surface area (Å²) in [4.78, 5) is 4.83. The normalized spacial score (nSPS) is 22.0. The summed E-state index contributed by atoms with van der Waals surface area (Å²) < 4.78 is 35.1. The molecule has 0 aromatic heterocycles. The van der Waals surface area contributed by atoms with Gasteiger partial charge in [-0.15, -0.1) is 12.4 Å². The molecule has 1 N–H and O–H groups in total. The maximum atomic E-state index is 12.6. The molecule has 0 amide bonds. The number of halogens is 3. The second-order valence-corrected chi connectivity index (χ2v) is 6.32. The van der Waals surface area contributed by atoms with E-state index in [1.807, 2.05) is 0 Å². The molecule has 8 heteroatoms. The predicted molar refractivity (Wildman–Crippen MR) is 95.0 cm³/mol. The van der Waals surface area contributed by atoms with Crippen LogP contribution in [0.5, 0.6) is 11.5 Å². The van der Waals surface area contributed by atoms with Gasteiger partial charge in [0.25, 0.3) is 0 Å². The van der Waals surface area contributed by atoms with Crippen LogP contribution < -0.4 is 14.8 Å². The zero-order valence-electron chi connectivity index (χ0n) is 14.4. The van der Waals surface area contributed by atoms with Crippen LogP contribution in [-0.2, 0) is 6.54 Å².